The van der Waals surface area contributed by atoms with Gasteiger partial charge in [0, 0.05) is 31.0 Å². The Balaban J connectivity index is 1.65. The Hall–Kier alpha value is -2.21. The minimum atomic E-state index is 0.0954. The summed E-state index contributed by atoms with van der Waals surface area (Å²) in [7, 11) is 1.97. The van der Waals surface area contributed by atoms with E-state index in [4.69, 9.17) is 4.52 Å². The van der Waals surface area contributed by atoms with Crippen LogP contribution in [-0.4, -0.2) is 46.0 Å². The molecule has 1 fully saturated rings. The van der Waals surface area contributed by atoms with Gasteiger partial charge in [0.2, 0.25) is 5.91 Å². The highest BCUT2D eigenvalue weighted by atomic mass is 16.5. The number of aromatic nitrogens is 2. The van der Waals surface area contributed by atoms with Crippen LogP contribution in [0.2, 0.25) is 0 Å². The van der Waals surface area contributed by atoms with Gasteiger partial charge in [-0.3, -0.25) is 14.7 Å². The maximum absolute atomic E-state index is 12.8. The second kappa shape index (κ2) is 7.13. The van der Waals surface area contributed by atoms with Crippen LogP contribution in [0.3, 0.4) is 0 Å². The van der Waals surface area contributed by atoms with E-state index >= 15 is 0 Å². The summed E-state index contributed by atoms with van der Waals surface area (Å²) in [5.74, 6) is 0.983. The van der Waals surface area contributed by atoms with Gasteiger partial charge in [-0.15, -0.1) is 0 Å². The third-order valence-corrected chi connectivity index (χ3v) is 4.60. The second-order valence-electron chi connectivity index (χ2n) is 6.51. The van der Waals surface area contributed by atoms with Crippen LogP contribution >= 0.6 is 0 Å². The van der Waals surface area contributed by atoms with Gasteiger partial charge >= 0.3 is 0 Å². The fraction of sp³-hybridized carbons (Fsp3) is 0.500. The number of hydrogen-bond acceptors (Lipinski definition) is 5. The summed E-state index contributed by atoms with van der Waals surface area (Å²) in [6.45, 7) is 5.81. The van der Waals surface area contributed by atoms with Crippen molar-refractivity contribution in [3.63, 3.8) is 0 Å². The van der Waals surface area contributed by atoms with Gasteiger partial charge in [0.1, 0.15) is 5.76 Å². The molecule has 0 spiro atoms. The maximum atomic E-state index is 12.8. The van der Waals surface area contributed by atoms with Crippen molar-refractivity contribution in [1.82, 2.24) is 19.9 Å². The molecule has 1 aliphatic heterocycles. The van der Waals surface area contributed by atoms with Crippen molar-refractivity contribution in [2.24, 2.45) is 0 Å². The maximum Gasteiger partial charge on any atom is 0.237 e. The van der Waals surface area contributed by atoms with E-state index in [-0.39, 0.29) is 11.9 Å². The predicted molar refractivity (Wildman–Crippen MR) is 90.2 cm³/mol. The molecule has 128 valence electrons. The SMILES string of the molecule is Cc1noc(C)c1[C@@H]1CCCN1C(=O)CN(C)Cc1ccncc1. The lowest BCUT2D eigenvalue weighted by Crippen LogP contribution is -2.38. The molecule has 2 aromatic rings. The van der Waals surface area contributed by atoms with Gasteiger partial charge in [-0.1, -0.05) is 5.16 Å². The molecule has 0 aliphatic carbocycles. The van der Waals surface area contributed by atoms with Crippen molar-refractivity contribution in [3.05, 3.63) is 47.1 Å². The van der Waals surface area contributed by atoms with Gasteiger partial charge in [0.05, 0.1) is 18.3 Å². The topological polar surface area (TPSA) is 62.5 Å². The summed E-state index contributed by atoms with van der Waals surface area (Å²) in [6, 6.07) is 4.05. The Bertz CT molecular complexity index is 679. The lowest BCUT2D eigenvalue weighted by atomic mass is 10.0. The highest BCUT2D eigenvalue weighted by Crippen LogP contribution is 2.35. The van der Waals surface area contributed by atoms with Crippen LogP contribution in [0.15, 0.2) is 29.0 Å². The molecule has 0 bridgehead atoms. The monoisotopic (exact) mass is 328 g/mol. The molecule has 0 radical (unpaired) electrons. The summed E-state index contributed by atoms with van der Waals surface area (Å²) in [5.41, 5.74) is 3.13. The lowest BCUT2D eigenvalue weighted by molar-refractivity contribution is -0.133. The Morgan fingerprint density at radius 1 is 1.38 bits per heavy atom. The molecule has 3 rings (SSSR count). The van der Waals surface area contributed by atoms with Crippen molar-refractivity contribution in [2.45, 2.75) is 39.3 Å². The molecule has 6 heteroatoms. The van der Waals surface area contributed by atoms with Crippen molar-refractivity contribution >= 4 is 5.91 Å². The normalized spacial score (nSPS) is 17.7. The molecule has 0 aromatic carbocycles. The van der Waals surface area contributed by atoms with Gasteiger partial charge in [-0.25, -0.2) is 0 Å². The summed E-state index contributed by atoms with van der Waals surface area (Å²) in [5, 5.41) is 4.04. The summed E-state index contributed by atoms with van der Waals surface area (Å²) < 4.78 is 5.29. The average molecular weight is 328 g/mol. The molecule has 6 nitrogen and oxygen atoms in total. The number of carbonyl (C=O) groups excluding carboxylic acids is 1. The van der Waals surface area contributed by atoms with Gasteiger partial charge in [-0.05, 0) is 51.4 Å². The standard InChI is InChI=1S/C18H24N4O2/c1-13-18(14(2)24-20-13)16-5-4-10-22(16)17(23)12-21(3)11-15-6-8-19-9-7-15/h6-9,16H,4-5,10-12H2,1-3H3/t16-/m0/s1. The second-order valence-corrected chi connectivity index (χ2v) is 6.51. The van der Waals surface area contributed by atoms with Crippen LogP contribution in [0, 0.1) is 13.8 Å². The largest absolute Gasteiger partial charge is 0.361 e. The zero-order valence-electron chi connectivity index (χ0n) is 14.5. The molecule has 3 heterocycles. The molecule has 0 unspecified atom stereocenters. The van der Waals surface area contributed by atoms with E-state index in [1.54, 1.807) is 12.4 Å². The third-order valence-electron chi connectivity index (χ3n) is 4.60. The number of pyridine rings is 1. The summed E-state index contributed by atoms with van der Waals surface area (Å²) in [4.78, 5) is 20.8. The Morgan fingerprint density at radius 3 is 2.79 bits per heavy atom. The number of aryl methyl sites for hydroxylation is 2. The predicted octanol–water partition coefficient (Wildman–Crippen LogP) is 2.48. The van der Waals surface area contributed by atoms with Crippen LogP contribution < -0.4 is 0 Å². The molecule has 1 aliphatic rings. The number of nitrogens with zero attached hydrogens (tertiary/aromatic N) is 4. The Kier molecular flexibility index (Phi) is 4.94. The quantitative estimate of drug-likeness (QED) is 0.844. The van der Waals surface area contributed by atoms with Gasteiger partial charge in [0.25, 0.3) is 0 Å². The van der Waals surface area contributed by atoms with E-state index in [0.29, 0.717) is 6.54 Å². The first kappa shape index (κ1) is 16.6. The van der Waals surface area contributed by atoms with E-state index in [0.717, 1.165) is 48.5 Å². The molecule has 0 saturated carbocycles. The Morgan fingerprint density at radius 2 is 2.12 bits per heavy atom. The number of likely N-dealkylation sites (N-methyl/N-ethyl adjacent to an activating group) is 1. The molecule has 1 amide bonds. The molecular weight excluding hydrogens is 304 g/mol. The van der Waals surface area contributed by atoms with Crippen LogP contribution in [0.1, 0.15) is 41.5 Å². The van der Waals surface area contributed by atoms with Crippen molar-refractivity contribution in [2.75, 3.05) is 20.1 Å². The van der Waals surface area contributed by atoms with E-state index < -0.39 is 0 Å². The first-order valence-electron chi connectivity index (χ1n) is 8.36. The van der Waals surface area contributed by atoms with Crippen LogP contribution in [-0.2, 0) is 11.3 Å². The molecular formula is C18H24N4O2. The van der Waals surface area contributed by atoms with Crippen LogP contribution in [0.25, 0.3) is 0 Å². The molecule has 24 heavy (non-hydrogen) atoms. The zero-order valence-corrected chi connectivity index (χ0v) is 14.5. The highest BCUT2D eigenvalue weighted by Gasteiger charge is 2.33. The first-order valence-corrected chi connectivity index (χ1v) is 8.36. The van der Waals surface area contributed by atoms with E-state index in [1.165, 1.54) is 0 Å². The smallest absolute Gasteiger partial charge is 0.237 e. The highest BCUT2D eigenvalue weighted by molar-refractivity contribution is 5.79. The third kappa shape index (κ3) is 3.48. The van der Waals surface area contributed by atoms with E-state index in [2.05, 4.69) is 10.1 Å². The number of likely N-dealkylation sites (tertiary alicyclic amines) is 1. The fourth-order valence-electron chi connectivity index (χ4n) is 3.51. The number of carbonyl (C=O) groups is 1. The summed E-state index contributed by atoms with van der Waals surface area (Å²) in [6.07, 6.45) is 5.55. The van der Waals surface area contributed by atoms with Crippen LogP contribution in [0.4, 0.5) is 0 Å². The van der Waals surface area contributed by atoms with E-state index in [1.807, 2.05) is 42.8 Å². The fourth-order valence-corrected chi connectivity index (χ4v) is 3.51. The van der Waals surface area contributed by atoms with Crippen molar-refractivity contribution in [3.8, 4) is 0 Å². The molecule has 0 N–H and O–H groups in total. The zero-order chi connectivity index (χ0) is 17.1. The summed E-state index contributed by atoms with van der Waals surface area (Å²) >= 11 is 0. The minimum absolute atomic E-state index is 0.0954. The molecule has 1 saturated heterocycles. The van der Waals surface area contributed by atoms with E-state index in [9.17, 15) is 4.79 Å². The first-order chi connectivity index (χ1) is 11.6. The molecule has 1 atom stereocenters. The number of hydrogen-bond donors (Lipinski definition) is 0. The number of amides is 1. The van der Waals surface area contributed by atoms with Crippen molar-refractivity contribution < 1.29 is 9.32 Å². The lowest BCUT2D eigenvalue weighted by Gasteiger charge is -2.27. The molecule has 2 aromatic heterocycles. The minimum Gasteiger partial charge on any atom is -0.361 e. The van der Waals surface area contributed by atoms with Crippen LogP contribution in [0.5, 0.6) is 0 Å². The van der Waals surface area contributed by atoms with Gasteiger partial charge in [0.15, 0.2) is 0 Å². The number of rotatable bonds is 5. The Labute approximate surface area is 142 Å². The van der Waals surface area contributed by atoms with Gasteiger partial charge < -0.3 is 9.42 Å². The van der Waals surface area contributed by atoms with Crippen molar-refractivity contribution in [1.29, 1.82) is 0 Å². The van der Waals surface area contributed by atoms with Gasteiger partial charge in [-0.2, -0.15) is 0 Å². The average Bonchev–Trinajstić information content (AvgIpc) is 3.14.